The van der Waals surface area contributed by atoms with E-state index in [0.717, 1.165) is 5.52 Å². The summed E-state index contributed by atoms with van der Waals surface area (Å²) in [7, 11) is 0. The molecule has 8 heteroatoms. The van der Waals surface area contributed by atoms with Crippen LogP contribution in [-0.4, -0.2) is 16.0 Å². The molecule has 0 bridgehead atoms. The first-order chi connectivity index (χ1) is 15.1. The second-order valence-electron chi connectivity index (χ2n) is 6.61. The van der Waals surface area contributed by atoms with Gasteiger partial charge in [-0.05, 0) is 60.7 Å². The number of urea groups is 1. The van der Waals surface area contributed by atoms with Gasteiger partial charge in [0.05, 0.1) is 34.6 Å². The first-order valence-electron chi connectivity index (χ1n) is 9.45. The van der Waals surface area contributed by atoms with Gasteiger partial charge in [0.1, 0.15) is 11.5 Å². The third-order valence-corrected chi connectivity index (χ3v) is 4.39. The minimum Gasteiger partial charge on any atom is -0.457 e. The minimum absolute atomic E-state index is 0.321. The van der Waals surface area contributed by atoms with E-state index in [9.17, 15) is 4.79 Å². The molecule has 0 aliphatic carbocycles. The van der Waals surface area contributed by atoms with Gasteiger partial charge in [0.15, 0.2) is 0 Å². The Hall–Kier alpha value is -4.48. The standard InChI is InChI=1S/C23H18N6O2/c24-12-15-1-3-16(4-2-15)28-23(30)29-17-5-7-19(8-6-17)31-20-9-10-21-22(11-20)27-18(13-25)14-26-21/h1-11,14H,13,25H2,(H2,28,29,30). The monoisotopic (exact) mass is 410 g/mol. The highest BCUT2D eigenvalue weighted by molar-refractivity contribution is 5.99. The van der Waals surface area contributed by atoms with Crippen LogP contribution >= 0.6 is 0 Å². The number of carbonyl (C=O) groups excluding carboxylic acids is 1. The summed E-state index contributed by atoms with van der Waals surface area (Å²) in [5.41, 5.74) is 9.53. The van der Waals surface area contributed by atoms with E-state index in [0.29, 0.717) is 46.2 Å². The summed E-state index contributed by atoms with van der Waals surface area (Å²) in [5.74, 6) is 1.23. The third-order valence-electron chi connectivity index (χ3n) is 4.39. The highest BCUT2D eigenvalue weighted by atomic mass is 16.5. The van der Waals surface area contributed by atoms with E-state index in [4.69, 9.17) is 15.7 Å². The Kier molecular flexibility index (Phi) is 5.69. The van der Waals surface area contributed by atoms with Gasteiger partial charge in [-0.25, -0.2) is 9.78 Å². The summed E-state index contributed by atoms with van der Waals surface area (Å²) < 4.78 is 5.88. The zero-order valence-electron chi connectivity index (χ0n) is 16.4. The van der Waals surface area contributed by atoms with Gasteiger partial charge in [-0.2, -0.15) is 5.26 Å². The van der Waals surface area contributed by atoms with E-state index >= 15 is 0 Å². The number of rotatable bonds is 5. The zero-order chi connectivity index (χ0) is 21.6. The molecular formula is C23H18N6O2. The Morgan fingerprint density at radius 2 is 1.58 bits per heavy atom. The van der Waals surface area contributed by atoms with Gasteiger partial charge in [-0.1, -0.05) is 0 Å². The molecule has 1 aromatic heterocycles. The summed E-state index contributed by atoms with van der Waals surface area (Å²) in [5, 5.41) is 14.3. The molecule has 0 aliphatic rings. The van der Waals surface area contributed by atoms with Crippen molar-refractivity contribution in [3.63, 3.8) is 0 Å². The molecule has 0 spiro atoms. The van der Waals surface area contributed by atoms with Crippen LogP contribution < -0.4 is 21.1 Å². The van der Waals surface area contributed by atoms with Crippen LogP contribution in [0, 0.1) is 11.3 Å². The lowest BCUT2D eigenvalue weighted by Gasteiger charge is -2.10. The van der Waals surface area contributed by atoms with E-state index in [1.807, 2.05) is 18.2 Å². The molecule has 0 unspecified atom stereocenters. The fourth-order valence-corrected chi connectivity index (χ4v) is 2.86. The van der Waals surface area contributed by atoms with Gasteiger partial charge in [0.2, 0.25) is 0 Å². The van der Waals surface area contributed by atoms with Gasteiger partial charge in [0, 0.05) is 24.0 Å². The second-order valence-corrected chi connectivity index (χ2v) is 6.61. The molecule has 0 aliphatic heterocycles. The first kappa shape index (κ1) is 19.8. The second kappa shape index (κ2) is 8.90. The smallest absolute Gasteiger partial charge is 0.323 e. The van der Waals surface area contributed by atoms with Crippen LogP contribution in [0.5, 0.6) is 11.5 Å². The van der Waals surface area contributed by atoms with E-state index < -0.39 is 0 Å². The molecular weight excluding hydrogens is 392 g/mol. The van der Waals surface area contributed by atoms with Gasteiger partial charge in [-0.3, -0.25) is 4.98 Å². The number of hydrogen-bond donors (Lipinski definition) is 3. The maximum Gasteiger partial charge on any atom is 0.323 e. The summed E-state index contributed by atoms with van der Waals surface area (Å²) in [6.07, 6.45) is 1.66. The Morgan fingerprint density at radius 3 is 2.23 bits per heavy atom. The molecule has 1 heterocycles. The normalized spacial score (nSPS) is 10.3. The van der Waals surface area contributed by atoms with Crippen LogP contribution in [0.15, 0.2) is 72.9 Å². The quantitative estimate of drug-likeness (QED) is 0.448. The highest BCUT2D eigenvalue weighted by Crippen LogP contribution is 2.25. The van der Waals surface area contributed by atoms with Crippen molar-refractivity contribution in [2.45, 2.75) is 6.54 Å². The molecule has 0 saturated heterocycles. The van der Waals surface area contributed by atoms with Crippen molar-refractivity contribution < 1.29 is 9.53 Å². The van der Waals surface area contributed by atoms with Crippen molar-refractivity contribution in [1.29, 1.82) is 5.26 Å². The van der Waals surface area contributed by atoms with Gasteiger partial charge < -0.3 is 21.1 Å². The summed E-state index contributed by atoms with van der Waals surface area (Å²) in [6.45, 7) is 0.321. The largest absolute Gasteiger partial charge is 0.457 e. The Bertz CT molecular complexity index is 1260. The molecule has 3 aromatic carbocycles. The number of nitrogens with zero attached hydrogens (tertiary/aromatic N) is 3. The van der Waals surface area contributed by atoms with Crippen molar-refractivity contribution in [3.05, 3.63) is 84.2 Å². The fourth-order valence-electron chi connectivity index (χ4n) is 2.86. The average Bonchev–Trinajstić information content (AvgIpc) is 2.80. The molecule has 31 heavy (non-hydrogen) atoms. The number of benzene rings is 3. The van der Waals surface area contributed by atoms with Crippen LogP contribution in [0.3, 0.4) is 0 Å². The van der Waals surface area contributed by atoms with Crippen molar-refractivity contribution in [2.75, 3.05) is 10.6 Å². The van der Waals surface area contributed by atoms with Crippen LogP contribution in [0.1, 0.15) is 11.3 Å². The lowest BCUT2D eigenvalue weighted by atomic mass is 10.2. The van der Waals surface area contributed by atoms with Crippen molar-refractivity contribution in [1.82, 2.24) is 9.97 Å². The van der Waals surface area contributed by atoms with Crippen molar-refractivity contribution in [3.8, 4) is 17.6 Å². The molecule has 0 fully saturated rings. The molecule has 8 nitrogen and oxygen atoms in total. The first-order valence-corrected chi connectivity index (χ1v) is 9.45. The van der Waals surface area contributed by atoms with E-state index in [1.54, 1.807) is 60.8 Å². The number of fused-ring (bicyclic) bond motifs is 1. The van der Waals surface area contributed by atoms with E-state index in [2.05, 4.69) is 20.6 Å². The third kappa shape index (κ3) is 4.93. The SMILES string of the molecule is N#Cc1ccc(NC(=O)Nc2ccc(Oc3ccc4ncc(CN)nc4c3)cc2)cc1. The molecule has 2 amide bonds. The maximum absolute atomic E-state index is 12.1. The molecule has 0 radical (unpaired) electrons. The average molecular weight is 410 g/mol. The van der Waals surface area contributed by atoms with Crippen molar-refractivity contribution in [2.24, 2.45) is 5.73 Å². The van der Waals surface area contributed by atoms with Crippen LogP contribution in [0.25, 0.3) is 11.0 Å². The number of nitrogens with two attached hydrogens (primary N) is 1. The molecule has 0 saturated carbocycles. The van der Waals surface area contributed by atoms with Crippen LogP contribution in [0.4, 0.5) is 16.2 Å². The van der Waals surface area contributed by atoms with Crippen LogP contribution in [-0.2, 0) is 6.54 Å². The zero-order valence-corrected chi connectivity index (χ0v) is 16.4. The molecule has 4 N–H and O–H groups in total. The number of nitrogens with one attached hydrogen (secondary N) is 2. The Morgan fingerprint density at radius 1 is 0.935 bits per heavy atom. The predicted octanol–water partition coefficient (Wildman–Crippen LogP) is 4.40. The molecule has 4 rings (SSSR count). The molecule has 4 aromatic rings. The van der Waals surface area contributed by atoms with Crippen molar-refractivity contribution >= 4 is 28.4 Å². The lowest BCUT2D eigenvalue weighted by Crippen LogP contribution is -2.19. The van der Waals surface area contributed by atoms with Gasteiger partial charge in [0.25, 0.3) is 0 Å². The number of aromatic nitrogens is 2. The number of amides is 2. The number of anilines is 2. The van der Waals surface area contributed by atoms with Crippen LogP contribution in [0.2, 0.25) is 0 Å². The fraction of sp³-hybridized carbons (Fsp3) is 0.0435. The molecule has 152 valence electrons. The Balaban J connectivity index is 1.39. The highest BCUT2D eigenvalue weighted by Gasteiger charge is 2.05. The number of carbonyl (C=O) groups is 1. The summed E-state index contributed by atoms with van der Waals surface area (Å²) in [6, 6.07) is 20.7. The van der Waals surface area contributed by atoms with E-state index in [1.165, 1.54) is 0 Å². The summed E-state index contributed by atoms with van der Waals surface area (Å²) >= 11 is 0. The van der Waals surface area contributed by atoms with E-state index in [-0.39, 0.29) is 6.03 Å². The number of ether oxygens (including phenoxy) is 1. The van der Waals surface area contributed by atoms with Gasteiger partial charge >= 0.3 is 6.03 Å². The maximum atomic E-state index is 12.1. The Labute approximate surface area is 178 Å². The van der Waals surface area contributed by atoms with Gasteiger partial charge in [-0.15, -0.1) is 0 Å². The number of hydrogen-bond acceptors (Lipinski definition) is 6. The topological polar surface area (TPSA) is 126 Å². The number of nitriles is 1. The minimum atomic E-state index is -0.387. The molecule has 0 atom stereocenters. The summed E-state index contributed by atoms with van der Waals surface area (Å²) in [4.78, 5) is 20.9. The lowest BCUT2D eigenvalue weighted by molar-refractivity contribution is 0.262. The predicted molar refractivity (Wildman–Crippen MR) is 118 cm³/mol.